The number of carbonyl (C=O) groups is 1. The van der Waals surface area contributed by atoms with E-state index in [1.807, 2.05) is 24.3 Å². The number of nitrogens with zero attached hydrogens (tertiary/aromatic N) is 1. The van der Waals surface area contributed by atoms with Gasteiger partial charge in [-0.2, -0.15) is 0 Å². The van der Waals surface area contributed by atoms with Gasteiger partial charge in [-0.05, 0) is 23.8 Å². The SMILES string of the molecule is NC(=NO)c1ccc(CC(=O)Nc2cccc(Br)c2)cc1. The summed E-state index contributed by atoms with van der Waals surface area (Å²) in [6.45, 7) is 0. The van der Waals surface area contributed by atoms with Crippen molar-refractivity contribution in [1.82, 2.24) is 0 Å². The van der Waals surface area contributed by atoms with Gasteiger partial charge in [0.05, 0.1) is 6.42 Å². The van der Waals surface area contributed by atoms with Crippen LogP contribution in [0.4, 0.5) is 5.69 Å². The number of rotatable bonds is 4. The zero-order valence-corrected chi connectivity index (χ0v) is 12.7. The highest BCUT2D eigenvalue weighted by Gasteiger charge is 2.05. The molecule has 108 valence electrons. The second-order valence-corrected chi connectivity index (χ2v) is 5.33. The molecule has 0 atom stereocenters. The van der Waals surface area contributed by atoms with Crippen LogP contribution in [-0.2, 0) is 11.2 Å². The molecule has 2 aromatic carbocycles. The van der Waals surface area contributed by atoms with Crippen molar-refractivity contribution in [3.05, 3.63) is 64.1 Å². The zero-order valence-electron chi connectivity index (χ0n) is 11.1. The maximum atomic E-state index is 12.0. The topological polar surface area (TPSA) is 87.7 Å². The fraction of sp³-hybridized carbons (Fsp3) is 0.0667. The first kappa shape index (κ1) is 15.1. The molecule has 0 fully saturated rings. The molecule has 0 unspecified atom stereocenters. The van der Waals surface area contributed by atoms with Gasteiger partial charge in [0.15, 0.2) is 5.84 Å². The fourth-order valence-electron chi connectivity index (χ4n) is 1.81. The third kappa shape index (κ3) is 4.32. The van der Waals surface area contributed by atoms with Gasteiger partial charge in [-0.25, -0.2) is 0 Å². The number of nitrogens with one attached hydrogen (secondary N) is 1. The van der Waals surface area contributed by atoms with Crippen LogP contribution in [0.3, 0.4) is 0 Å². The van der Waals surface area contributed by atoms with Gasteiger partial charge in [-0.1, -0.05) is 51.4 Å². The normalized spacial score (nSPS) is 11.2. The van der Waals surface area contributed by atoms with Crippen LogP contribution in [0.15, 0.2) is 58.2 Å². The third-order valence-electron chi connectivity index (χ3n) is 2.83. The Morgan fingerprint density at radius 3 is 2.57 bits per heavy atom. The largest absolute Gasteiger partial charge is 0.409 e. The molecular formula is C15H14BrN3O2. The van der Waals surface area contributed by atoms with E-state index in [0.29, 0.717) is 5.56 Å². The predicted octanol–water partition coefficient (Wildman–Crippen LogP) is 2.72. The van der Waals surface area contributed by atoms with Crippen molar-refractivity contribution in [2.75, 3.05) is 5.32 Å². The summed E-state index contributed by atoms with van der Waals surface area (Å²) in [7, 11) is 0. The van der Waals surface area contributed by atoms with Gasteiger partial charge < -0.3 is 16.3 Å². The van der Waals surface area contributed by atoms with Crippen molar-refractivity contribution in [3.63, 3.8) is 0 Å². The molecule has 0 heterocycles. The molecular weight excluding hydrogens is 334 g/mol. The van der Waals surface area contributed by atoms with Gasteiger partial charge in [0.25, 0.3) is 0 Å². The summed E-state index contributed by atoms with van der Waals surface area (Å²) in [5.41, 5.74) is 7.67. The number of amidine groups is 1. The van der Waals surface area contributed by atoms with E-state index in [2.05, 4.69) is 26.4 Å². The summed E-state index contributed by atoms with van der Waals surface area (Å²) >= 11 is 3.35. The Morgan fingerprint density at radius 1 is 1.24 bits per heavy atom. The van der Waals surface area contributed by atoms with E-state index >= 15 is 0 Å². The number of halogens is 1. The lowest BCUT2D eigenvalue weighted by atomic mass is 10.1. The minimum atomic E-state index is -0.107. The van der Waals surface area contributed by atoms with Crippen LogP contribution in [0, 0.1) is 0 Å². The third-order valence-corrected chi connectivity index (χ3v) is 3.32. The van der Waals surface area contributed by atoms with Gasteiger partial charge in [-0.3, -0.25) is 4.79 Å². The van der Waals surface area contributed by atoms with E-state index in [1.54, 1.807) is 24.3 Å². The lowest BCUT2D eigenvalue weighted by Crippen LogP contribution is -2.15. The predicted molar refractivity (Wildman–Crippen MR) is 85.4 cm³/mol. The van der Waals surface area contributed by atoms with E-state index in [4.69, 9.17) is 10.9 Å². The highest BCUT2D eigenvalue weighted by Crippen LogP contribution is 2.16. The molecule has 1 amide bonds. The summed E-state index contributed by atoms with van der Waals surface area (Å²) in [6, 6.07) is 14.4. The van der Waals surface area contributed by atoms with Crippen LogP contribution in [-0.4, -0.2) is 17.0 Å². The molecule has 0 radical (unpaired) electrons. The fourth-order valence-corrected chi connectivity index (χ4v) is 2.21. The highest BCUT2D eigenvalue weighted by atomic mass is 79.9. The molecule has 0 aromatic heterocycles. The number of oxime groups is 1. The van der Waals surface area contributed by atoms with Gasteiger partial charge in [0.1, 0.15) is 0 Å². The van der Waals surface area contributed by atoms with Crippen LogP contribution in [0.5, 0.6) is 0 Å². The van der Waals surface area contributed by atoms with E-state index in [0.717, 1.165) is 15.7 Å². The van der Waals surface area contributed by atoms with E-state index in [1.165, 1.54) is 0 Å². The second kappa shape index (κ2) is 6.90. The number of nitrogens with two attached hydrogens (primary N) is 1. The highest BCUT2D eigenvalue weighted by molar-refractivity contribution is 9.10. The number of carbonyl (C=O) groups excluding carboxylic acids is 1. The van der Waals surface area contributed by atoms with E-state index < -0.39 is 0 Å². The van der Waals surface area contributed by atoms with E-state index in [-0.39, 0.29) is 18.2 Å². The molecule has 2 aromatic rings. The molecule has 0 aliphatic carbocycles. The number of amides is 1. The Morgan fingerprint density at radius 2 is 1.95 bits per heavy atom. The van der Waals surface area contributed by atoms with Gasteiger partial charge in [0.2, 0.25) is 5.91 Å². The first-order chi connectivity index (χ1) is 10.1. The standard InChI is InChI=1S/C15H14BrN3O2/c16-12-2-1-3-13(9-12)18-14(20)8-10-4-6-11(7-5-10)15(17)19-21/h1-7,9,21H,8H2,(H2,17,19)(H,18,20). The van der Waals surface area contributed by atoms with Crippen molar-refractivity contribution in [3.8, 4) is 0 Å². The summed E-state index contributed by atoms with van der Waals surface area (Å²) in [5.74, 6) is -0.0650. The molecule has 0 saturated heterocycles. The summed E-state index contributed by atoms with van der Waals surface area (Å²) in [5, 5.41) is 14.3. The number of anilines is 1. The van der Waals surface area contributed by atoms with Crippen LogP contribution < -0.4 is 11.1 Å². The molecule has 0 aliphatic rings. The first-order valence-electron chi connectivity index (χ1n) is 6.21. The Hall–Kier alpha value is -2.34. The molecule has 5 nitrogen and oxygen atoms in total. The van der Waals surface area contributed by atoms with Crippen LogP contribution in [0.25, 0.3) is 0 Å². The molecule has 4 N–H and O–H groups in total. The lowest BCUT2D eigenvalue weighted by Gasteiger charge is -2.06. The van der Waals surface area contributed by atoms with E-state index in [9.17, 15) is 4.79 Å². The van der Waals surface area contributed by atoms with Crippen molar-refractivity contribution >= 4 is 33.4 Å². The Balaban J connectivity index is 2.00. The first-order valence-corrected chi connectivity index (χ1v) is 7.00. The number of benzene rings is 2. The Bertz CT molecular complexity index is 669. The molecule has 0 bridgehead atoms. The van der Waals surface area contributed by atoms with Crippen molar-refractivity contribution in [2.24, 2.45) is 10.9 Å². The van der Waals surface area contributed by atoms with Gasteiger partial charge >= 0.3 is 0 Å². The quantitative estimate of drug-likeness (QED) is 0.344. The average Bonchev–Trinajstić information content (AvgIpc) is 2.47. The molecule has 6 heteroatoms. The maximum absolute atomic E-state index is 12.0. The smallest absolute Gasteiger partial charge is 0.228 e. The zero-order chi connectivity index (χ0) is 15.2. The van der Waals surface area contributed by atoms with Crippen LogP contribution in [0.1, 0.15) is 11.1 Å². The average molecular weight is 348 g/mol. The molecule has 21 heavy (non-hydrogen) atoms. The van der Waals surface area contributed by atoms with Crippen molar-refractivity contribution in [1.29, 1.82) is 0 Å². The molecule has 0 spiro atoms. The summed E-state index contributed by atoms with van der Waals surface area (Å²) in [6.07, 6.45) is 0.253. The summed E-state index contributed by atoms with van der Waals surface area (Å²) < 4.78 is 0.906. The minimum Gasteiger partial charge on any atom is -0.409 e. The van der Waals surface area contributed by atoms with Gasteiger partial charge in [0, 0.05) is 15.7 Å². The molecule has 0 saturated carbocycles. The van der Waals surface area contributed by atoms with Crippen LogP contribution in [0.2, 0.25) is 0 Å². The number of hydrogen-bond donors (Lipinski definition) is 3. The van der Waals surface area contributed by atoms with Crippen LogP contribution >= 0.6 is 15.9 Å². The summed E-state index contributed by atoms with van der Waals surface area (Å²) in [4.78, 5) is 12.0. The Kier molecular flexibility index (Phi) is 4.94. The maximum Gasteiger partial charge on any atom is 0.228 e. The monoisotopic (exact) mass is 347 g/mol. The number of hydrogen-bond acceptors (Lipinski definition) is 3. The second-order valence-electron chi connectivity index (χ2n) is 4.42. The molecule has 0 aliphatic heterocycles. The van der Waals surface area contributed by atoms with Crippen molar-refractivity contribution in [2.45, 2.75) is 6.42 Å². The lowest BCUT2D eigenvalue weighted by molar-refractivity contribution is -0.115. The Labute approximate surface area is 130 Å². The van der Waals surface area contributed by atoms with Gasteiger partial charge in [-0.15, -0.1) is 0 Å². The molecule has 2 rings (SSSR count). The minimum absolute atomic E-state index is 0.0418. The van der Waals surface area contributed by atoms with Crippen molar-refractivity contribution < 1.29 is 10.0 Å².